The van der Waals surface area contributed by atoms with Crippen molar-refractivity contribution in [1.82, 2.24) is 0 Å². The quantitative estimate of drug-likeness (QED) is 0.682. The molecule has 0 saturated carbocycles. The fourth-order valence-electron chi connectivity index (χ4n) is 1.63. The van der Waals surface area contributed by atoms with Gasteiger partial charge >= 0.3 is 0 Å². The Balaban J connectivity index is 2.45. The molecule has 2 heteroatoms. The highest BCUT2D eigenvalue weighted by Crippen LogP contribution is 2.28. The largest absolute Gasteiger partial charge is 0.206 e. The normalized spacial score (nSPS) is 12.4. The van der Waals surface area contributed by atoms with Crippen LogP contribution in [-0.2, 0) is 0 Å². The molecule has 2 aromatic rings. The Morgan fingerprint density at radius 1 is 1.06 bits per heavy atom. The van der Waals surface area contributed by atoms with Crippen LogP contribution in [0.4, 0.5) is 4.39 Å². The Bertz CT molecular complexity index is 477. The van der Waals surface area contributed by atoms with Crippen molar-refractivity contribution in [2.45, 2.75) is 11.8 Å². The zero-order valence-corrected chi connectivity index (χ0v) is 10.5. The van der Waals surface area contributed by atoms with Gasteiger partial charge in [0, 0.05) is 10.4 Å². The smallest absolute Gasteiger partial charge is 0.131 e. The summed E-state index contributed by atoms with van der Waals surface area (Å²) in [7, 11) is 0. The summed E-state index contributed by atoms with van der Waals surface area (Å²) in [5.41, 5.74) is 2.52. The van der Waals surface area contributed by atoms with Gasteiger partial charge in [0.2, 0.25) is 0 Å². The molecule has 0 nitrogen and oxygen atoms in total. The maximum absolute atomic E-state index is 13.9. The van der Waals surface area contributed by atoms with Crippen molar-refractivity contribution in [2.24, 2.45) is 0 Å². The van der Waals surface area contributed by atoms with E-state index in [1.165, 1.54) is 0 Å². The lowest BCUT2D eigenvalue weighted by Crippen LogP contribution is -1.89. The number of rotatable bonds is 2. The van der Waals surface area contributed by atoms with Crippen LogP contribution in [0, 0.1) is 5.82 Å². The van der Waals surface area contributed by atoms with Gasteiger partial charge in [-0.3, -0.25) is 0 Å². The van der Waals surface area contributed by atoms with Crippen molar-refractivity contribution in [3.8, 4) is 11.1 Å². The monoisotopic (exact) mass is 278 g/mol. The van der Waals surface area contributed by atoms with E-state index in [1.807, 2.05) is 49.4 Å². The molecule has 0 aliphatic heterocycles. The van der Waals surface area contributed by atoms with Crippen molar-refractivity contribution in [2.75, 3.05) is 0 Å². The van der Waals surface area contributed by atoms with Gasteiger partial charge in [-0.2, -0.15) is 0 Å². The van der Waals surface area contributed by atoms with Crippen LogP contribution in [0.5, 0.6) is 0 Å². The predicted octanol–water partition coefficient (Wildman–Crippen LogP) is 4.95. The summed E-state index contributed by atoms with van der Waals surface area (Å²) in [6.07, 6.45) is 0. The van der Waals surface area contributed by atoms with E-state index in [0.717, 1.165) is 11.1 Å². The van der Waals surface area contributed by atoms with E-state index < -0.39 is 0 Å². The number of hydrogen-bond donors (Lipinski definition) is 0. The third-order valence-electron chi connectivity index (χ3n) is 2.54. The average Bonchev–Trinajstić information content (AvgIpc) is 2.30. The molecule has 2 rings (SSSR count). The number of halogens is 2. The second kappa shape index (κ2) is 4.79. The molecular weight excluding hydrogens is 267 g/mol. The van der Waals surface area contributed by atoms with Gasteiger partial charge in [-0.15, -0.1) is 0 Å². The molecule has 1 unspecified atom stereocenters. The standard InChI is InChI=1S/C14H12BrF/c1-10(15)12-7-8-13(14(16)9-12)11-5-3-2-4-6-11/h2-10H,1H3. The van der Waals surface area contributed by atoms with Crippen molar-refractivity contribution in [3.05, 3.63) is 59.9 Å². The molecule has 0 aliphatic rings. The summed E-state index contributed by atoms with van der Waals surface area (Å²) in [6.45, 7) is 1.98. The maximum Gasteiger partial charge on any atom is 0.131 e. The first-order valence-corrected chi connectivity index (χ1v) is 6.09. The van der Waals surface area contributed by atoms with Gasteiger partial charge in [0.1, 0.15) is 5.82 Å². The Labute approximate surface area is 103 Å². The first-order chi connectivity index (χ1) is 7.68. The molecule has 1 atom stereocenters. The Hall–Kier alpha value is -1.15. The van der Waals surface area contributed by atoms with Crippen molar-refractivity contribution < 1.29 is 4.39 Å². The Kier molecular flexibility index (Phi) is 3.39. The number of hydrogen-bond acceptors (Lipinski definition) is 0. The van der Waals surface area contributed by atoms with Gasteiger partial charge in [-0.1, -0.05) is 58.4 Å². The minimum absolute atomic E-state index is 0.171. The first kappa shape index (κ1) is 11.3. The molecule has 0 aromatic heterocycles. The highest BCUT2D eigenvalue weighted by molar-refractivity contribution is 9.09. The molecule has 0 N–H and O–H groups in total. The van der Waals surface area contributed by atoms with Crippen LogP contribution in [0.3, 0.4) is 0 Å². The first-order valence-electron chi connectivity index (χ1n) is 5.17. The summed E-state index contributed by atoms with van der Waals surface area (Å²) in [5, 5.41) is 0. The van der Waals surface area contributed by atoms with Gasteiger partial charge in [-0.05, 0) is 24.1 Å². The van der Waals surface area contributed by atoms with E-state index in [9.17, 15) is 4.39 Å². The van der Waals surface area contributed by atoms with Crippen molar-refractivity contribution in [3.63, 3.8) is 0 Å². The van der Waals surface area contributed by atoms with Crippen molar-refractivity contribution in [1.29, 1.82) is 0 Å². The van der Waals surface area contributed by atoms with Crippen molar-refractivity contribution >= 4 is 15.9 Å². The number of benzene rings is 2. The lowest BCUT2D eigenvalue weighted by atomic mass is 10.0. The third kappa shape index (κ3) is 2.33. The van der Waals surface area contributed by atoms with E-state index in [4.69, 9.17) is 0 Å². The SMILES string of the molecule is CC(Br)c1ccc(-c2ccccc2)c(F)c1. The lowest BCUT2D eigenvalue weighted by molar-refractivity contribution is 0.629. The minimum atomic E-state index is -0.171. The van der Waals surface area contributed by atoms with E-state index >= 15 is 0 Å². The molecule has 82 valence electrons. The van der Waals surface area contributed by atoms with Gasteiger partial charge < -0.3 is 0 Å². The second-order valence-electron chi connectivity index (χ2n) is 3.72. The van der Waals surface area contributed by atoms with Gasteiger partial charge in [0.15, 0.2) is 0 Å². The van der Waals surface area contributed by atoms with E-state index in [2.05, 4.69) is 15.9 Å². The van der Waals surface area contributed by atoms with E-state index in [1.54, 1.807) is 6.07 Å². The molecule has 0 saturated heterocycles. The van der Waals surface area contributed by atoms with Crippen LogP contribution in [0.2, 0.25) is 0 Å². The molecule has 0 amide bonds. The molecule has 16 heavy (non-hydrogen) atoms. The van der Waals surface area contributed by atoms with Crippen LogP contribution in [0.25, 0.3) is 11.1 Å². The average molecular weight is 279 g/mol. The third-order valence-corrected chi connectivity index (χ3v) is 3.07. The van der Waals surface area contributed by atoms with E-state index in [-0.39, 0.29) is 10.6 Å². The van der Waals surface area contributed by atoms with Crippen LogP contribution >= 0.6 is 15.9 Å². The highest BCUT2D eigenvalue weighted by atomic mass is 79.9. The topological polar surface area (TPSA) is 0 Å². The summed E-state index contributed by atoms with van der Waals surface area (Å²) in [6, 6.07) is 14.9. The highest BCUT2D eigenvalue weighted by Gasteiger charge is 2.07. The molecule has 0 fully saturated rings. The maximum atomic E-state index is 13.9. The molecule has 0 heterocycles. The minimum Gasteiger partial charge on any atom is -0.206 e. The van der Waals surface area contributed by atoms with Gasteiger partial charge in [-0.25, -0.2) is 4.39 Å². The van der Waals surface area contributed by atoms with E-state index in [0.29, 0.717) is 5.56 Å². The molecule has 0 aliphatic carbocycles. The molecule has 0 bridgehead atoms. The lowest BCUT2D eigenvalue weighted by Gasteiger charge is -2.07. The fourth-order valence-corrected chi connectivity index (χ4v) is 1.92. The molecular formula is C14H12BrF. The molecule has 0 radical (unpaired) electrons. The molecule has 2 aromatic carbocycles. The summed E-state index contributed by atoms with van der Waals surface area (Å²) in [4.78, 5) is 0.173. The van der Waals surface area contributed by atoms with Gasteiger partial charge in [0.25, 0.3) is 0 Å². The zero-order chi connectivity index (χ0) is 11.5. The summed E-state index contributed by atoms with van der Waals surface area (Å²) >= 11 is 3.43. The van der Waals surface area contributed by atoms with Crippen LogP contribution < -0.4 is 0 Å². The predicted molar refractivity (Wildman–Crippen MR) is 69.2 cm³/mol. The van der Waals surface area contributed by atoms with Crippen LogP contribution in [-0.4, -0.2) is 0 Å². The molecule has 0 spiro atoms. The zero-order valence-electron chi connectivity index (χ0n) is 8.95. The van der Waals surface area contributed by atoms with Crippen LogP contribution in [0.1, 0.15) is 17.3 Å². The summed E-state index contributed by atoms with van der Waals surface area (Å²) in [5.74, 6) is -0.171. The van der Waals surface area contributed by atoms with Gasteiger partial charge in [0.05, 0.1) is 0 Å². The summed E-state index contributed by atoms with van der Waals surface area (Å²) < 4.78 is 13.9. The number of alkyl halides is 1. The second-order valence-corrected chi connectivity index (χ2v) is 5.09. The Morgan fingerprint density at radius 2 is 1.75 bits per heavy atom. The Morgan fingerprint density at radius 3 is 2.31 bits per heavy atom. The van der Waals surface area contributed by atoms with Crippen LogP contribution in [0.15, 0.2) is 48.5 Å². The fraction of sp³-hybridized carbons (Fsp3) is 0.143.